The van der Waals surface area contributed by atoms with E-state index in [4.69, 9.17) is 4.74 Å². The SMILES string of the molecule is COC1CC(C(=O)O)N(c2ccncc2[N+](=O)[O-])C1. The van der Waals surface area contributed by atoms with Crippen molar-refractivity contribution in [1.82, 2.24) is 4.98 Å². The summed E-state index contributed by atoms with van der Waals surface area (Å²) < 4.78 is 5.15. The van der Waals surface area contributed by atoms with Gasteiger partial charge >= 0.3 is 11.7 Å². The first-order valence-corrected chi connectivity index (χ1v) is 5.65. The van der Waals surface area contributed by atoms with Gasteiger partial charge in [-0.15, -0.1) is 0 Å². The van der Waals surface area contributed by atoms with E-state index < -0.39 is 16.9 Å². The standard InChI is InChI=1S/C11H13N3O5/c1-19-7-4-9(11(15)16)13(6-7)8-2-3-12-5-10(8)14(17)18/h2-3,5,7,9H,4,6H2,1H3,(H,15,16). The lowest BCUT2D eigenvalue weighted by Gasteiger charge is -2.22. The molecule has 0 aromatic carbocycles. The average molecular weight is 267 g/mol. The molecule has 0 amide bonds. The highest BCUT2D eigenvalue weighted by Crippen LogP contribution is 2.33. The fourth-order valence-electron chi connectivity index (χ4n) is 2.23. The van der Waals surface area contributed by atoms with Gasteiger partial charge in [-0.1, -0.05) is 0 Å². The highest BCUT2D eigenvalue weighted by atomic mass is 16.6. The highest BCUT2D eigenvalue weighted by Gasteiger charge is 2.39. The molecule has 2 unspecified atom stereocenters. The zero-order chi connectivity index (χ0) is 14.0. The van der Waals surface area contributed by atoms with Crippen molar-refractivity contribution in [2.75, 3.05) is 18.6 Å². The first-order chi connectivity index (χ1) is 9.04. The van der Waals surface area contributed by atoms with Crippen LogP contribution in [0.1, 0.15) is 6.42 Å². The summed E-state index contributed by atoms with van der Waals surface area (Å²) in [6.45, 7) is 0.304. The van der Waals surface area contributed by atoms with E-state index in [9.17, 15) is 20.0 Å². The van der Waals surface area contributed by atoms with E-state index in [0.717, 1.165) is 6.20 Å². The van der Waals surface area contributed by atoms with E-state index in [1.165, 1.54) is 24.3 Å². The Kier molecular flexibility index (Phi) is 3.61. The van der Waals surface area contributed by atoms with Crippen LogP contribution in [0.3, 0.4) is 0 Å². The van der Waals surface area contributed by atoms with Crippen LogP contribution in [0.4, 0.5) is 11.4 Å². The minimum absolute atomic E-state index is 0.203. The molecule has 1 aromatic rings. The van der Waals surface area contributed by atoms with E-state index in [1.807, 2.05) is 0 Å². The van der Waals surface area contributed by atoms with Gasteiger partial charge < -0.3 is 14.7 Å². The number of hydrogen-bond donors (Lipinski definition) is 1. The van der Waals surface area contributed by atoms with Crippen LogP contribution in [0.5, 0.6) is 0 Å². The summed E-state index contributed by atoms with van der Waals surface area (Å²) in [5, 5.41) is 20.2. The van der Waals surface area contributed by atoms with Crippen LogP contribution < -0.4 is 4.90 Å². The van der Waals surface area contributed by atoms with Crippen molar-refractivity contribution in [1.29, 1.82) is 0 Å². The van der Waals surface area contributed by atoms with Crippen molar-refractivity contribution in [2.24, 2.45) is 0 Å². The van der Waals surface area contributed by atoms with E-state index in [-0.39, 0.29) is 17.5 Å². The maximum absolute atomic E-state index is 11.2. The molecule has 1 aliphatic heterocycles. The second-order valence-electron chi connectivity index (χ2n) is 4.22. The molecule has 0 saturated carbocycles. The fourth-order valence-corrected chi connectivity index (χ4v) is 2.23. The molecule has 0 aliphatic carbocycles. The molecule has 0 radical (unpaired) electrons. The Bertz CT molecular complexity index is 507. The lowest BCUT2D eigenvalue weighted by molar-refractivity contribution is -0.384. The number of aliphatic carboxylic acids is 1. The lowest BCUT2D eigenvalue weighted by Crippen LogP contribution is -2.36. The second kappa shape index (κ2) is 5.19. The molecule has 1 fully saturated rings. The van der Waals surface area contributed by atoms with Gasteiger partial charge in [0.15, 0.2) is 0 Å². The number of nitro groups is 1. The number of methoxy groups -OCH3 is 1. The van der Waals surface area contributed by atoms with Crippen molar-refractivity contribution in [2.45, 2.75) is 18.6 Å². The average Bonchev–Trinajstić information content (AvgIpc) is 2.83. The van der Waals surface area contributed by atoms with Gasteiger partial charge in [0, 0.05) is 26.3 Å². The van der Waals surface area contributed by atoms with Gasteiger partial charge in [0.2, 0.25) is 0 Å². The first-order valence-electron chi connectivity index (χ1n) is 5.65. The largest absolute Gasteiger partial charge is 0.480 e. The topological polar surface area (TPSA) is 106 Å². The third-order valence-electron chi connectivity index (χ3n) is 3.16. The molecule has 0 spiro atoms. The highest BCUT2D eigenvalue weighted by molar-refractivity contribution is 5.81. The van der Waals surface area contributed by atoms with E-state index in [0.29, 0.717) is 13.0 Å². The maximum Gasteiger partial charge on any atom is 0.326 e. The molecule has 1 N–H and O–H groups in total. The number of carboxylic acids is 1. The van der Waals surface area contributed by atoms with Crippen molar-refractivity contribution < 1.29 is 19.6 Å². The summed E-state index contributed by atoms with van der Waals surface area (Å²) in [7, 11) is 1.49. The van der Waals surface area contributed by atoms with Crippen LogP contribution >= 0.6 is 0 Å². The molecule has 19 heavy (non-hydrogen) atoms. The molecule has 1 saturated heterocycles. The van der Waals surface area contributed by atoms with E-state index >= 15 is 0 Å². The Hall–Kier alpha value is -2.22. The predicted octanol–water partition coefficient (Wildman–Crippen LogP) is 0.668. The van der Waals surface area contributed by atoms with Gasteiger partial charge in [0.25, 0.3) is 0 Å². The van der Waals surface area contributed by atoms with E-state index in [1.54, 1.807) is 0 Å². The summed E-state index contributed by atoms with van der Waals surface area (Å²) in [5.41, 5.74) is 0.0532. The molecular formula is C11H13N3O5. The normalized spacial score (nSPS) is 22.5. The molecule has 2 rings (SSSR count). The summed E-state index contributed by atoms with van der Waals surface area (Å²) in [5.74, 6) is -1.02. The number of carbonyl (C=O) groups is 1. The molecule has 2 atom stereocenters. The maximum atomic E-state index is 11.2. The third kappa shape index (κ3) is 2.48. The number of hydrogen-bond acceptors (Lipinski definition) is 6. The van der Waals surface area contributed by atoms with Crippen LogP contribution in [0.25, 0.3) is 0 Å². The number of nitrogens with zero attached hydrogens (tertiary/aromatic N) is 3. The Morgan fingerprint density at radius 1 is 1.68 bits per heavy atom. The lowest BCUT2D eigenvalue weighted by atomic mass is 10.2. The molecule has 2 heterocycles. The Morgan fingerprint density at radius 3 is 3.00 bits per heavy atom. The molecule has 1 aliphatic rings. The molecule has 8 heteroatoms. The Balaban J connectivity index is 2.39. The zero-order valence-corrected chi connectivity index (χ0v) is 10.2. The van der Waals surface area contributed by atoms with Crippen molar-refractivity contribution in [3.05, 3.63) is 28.6 Å². The van der Waals surface area contributed by atoms with Gasteiger partial charge in [0.1, 0.15) is 17.9 Å². The molecule has 102 valence electrons. The van der Waals surface area contributed by atoms with Crippen LogP contribution in [-0.2, 0) is 9.53 Å². The first kappa shape index (κ1) is 13.2. The minimum Gasteiger partial charge on any atom is -0.480 e. The van der Waals surface area contributed by atoms with Gasteiger partial charge in [-0.2, -0.15) is 0 Å². The van der Waals surface area contributed by atoms with Crippen molar-refractivity contribution in [3.8, 4) is 0 Å². The van der Waals surface area contributed by atoms with Crippen LogP contribution in [0.15, 0.2) is 18.5 Å². The smallest absolute Gasteiger partial charge is 0.326 e. The molecule has 8 nitrogen and oxygen atoms in total. The predicted molar refractivity (Wildman–Crippen MR) is 65.1 cm³/mol. The third-order valence-corrected chi connectivity index (χ3v) is 3.16. The van der Waals surface area contributed by atoms with Gasteiger partial charge in [-0.25, -0.2) is 4.79 Å². The van der Waals surface area contributed by atoms with Crippen LogP contribution in [-0.4, -0.2) is 46.8 Å². The number of rotatable bonds is 4. The minimum atomic E-state index is -1.02. The number of carboxylic acid groups (broad SMARTS) is 1. The summed E-state index contributed by atoms with van der Waals surface area (Å²) in [6, 6.07) is 0.623. The zero-order valence-electron chi connectivity index (χ0n) is 10.2. The number of pyridine rings is 1. The molecule has 1 aromatic heterocycles. The fraction of sp³-hybridized carbons (Fsp3) is 0.455. The van der Waals surface area contributed by atoms with Crippen LogP contribution in [0, 0.1) is 10.1 Å². The van der Waals surface area contributed by atoms with Gasteiger partial charge in [-0.3, -0.25) is 15.1 Å². The van der Waals surface area contributed by atoms with Gasteiger partial charge in [0.05, 0.1) is 11.0 Å². The quantitative estimate of drug-likeness (QED) is 0.631. The second-order valence-corrected chi connectivity index (χ2v) is 4.22. The Morgan fingerprint density at radius 2 is 2.42 bits per heavy atom. The summed E-state index contributed by atoms with van der Waals surface area (Å²) in [6.07, 6.45) is 2.56. The number of aromatic nitrogens is 1. The molecular weight excluding hydrogens is 254 g/mol. The monoisotopic (exact) mass is 267 g/mol. The molecule has 0 bridgehead atoms. The number of ether oxygens (including phenoxy) is 1. The Labute approximate surface area is 108 Å². The van der Waals surface area contributed by atoms with Crippen molar-refractivity contribution >= 4 is 17.3 Å². The van der Waals surface area contributed by atoms with E-state index in [2.05, 4.69) is 4.98 Å². The summed E-state index contributed by atoms with van der Waals surface area (Å²) in [4.78, 5) is 26.8. The number of anilines is 1. The van der Waals surface area contributed by atoms with Crippen molar-refractivity contribution in [3.63, 3.8) is 0 Å². The summed E-state index contributed by atoms with van der Waals surface area (Å²) >= 11 is 0. The van der Waals surface area contributed by atoms with Crippen LogP contribution in [0.2, 0.25) is 0 Å². The van der Waals surface area contributed by atoms with Gasteiger partial charge in [-0.05, 0) is 6.07 Å².